The molecule has 0 bridgehead atoms. The van der Waals surface area contributed by atoms with Crippen molar-refractivity contribution in [3.05, 3.63) is 47.5 Å². The van der Waals surface area contributed by atoms with Crippen LogP contribution in [0, 0.1) is 6.92 Å². The number of hydrogen-bond acceptors (Lipinski definition) is 3. The molecule has 0 saturated carbocycles. The predicted molar refractivity (Wildman–Crippen MR) is 82.3 cm³/mol. The summed E-state index contributed by atoms with van der Waals surface area (Å²) >= 11 is 0. The molecule has 1 amide bonds. The topological polar surface area (TPSA) is 51.0 Å². The highest BCUT2D eigenvalue weighted by Crippen LogP contribution is 2.12. The Bertz CT molecular complexity index is 604. The van der Waals surface area contributed by atoms with Crippen LogP contribution in [0.1, 0.15) is 41.6 Å². The first-order chi connectivity index (χ1) is 9.99. The summed E-state index contributed by atoms with van der Waals surface area (Å²) in [7, 11) is 1.81. The Morgan fingerprint density at radius 3 is 2.57 bits per heavy atom. The predicted octanol–water partition coefficient (Wildman–Crippen LogP) is 2.48. The first-order valence-electron chi connectivity index (χ1n) is 7.19. The lowest BCUT2D eigenvalue weighted by Crippen LogP contribution is -2.29. The molecule has 2 heterocycles. The summed E-state index contributed by atoms with van der Waals surface area (Å²) in [6.07, 6.45) is 4.35. The minimum absolute atomic E-state index is 0.0356. The van der Waals surface area contributed by atoms with Gasteiger partial charge in [-0.05, 0) is 51.0 Å². The molecule has 0 spiro atoms. The normalized spacial score (nSPS) is 10.9. The molecule has 2 rings (SSSR count). The summed E-state index contributed by atoms with van der Waals surface area (Å²) < 4.78 is 1.88. The van der Waals surface area contributed by atoms with Crippen molar-refractivity contribution in [2.75, 3.05) is 13.6 Å². The van der Waals surface area contributed by atoms with Gasteiger partial charge in [-0.3, -0.25) is 14.5 Å². The first kappa shape index (κ1) is 15.2. The van der Waals surface area contributed by atoms with E-state index in [1.165, 1.54) is 5.56 Å². The summed E-state index contributed by atoms with van der Waals surface area (Å²) in [6, 6.07) is 6.05. The molecule has 5 heteroatoms. The molecule has 0 saturated heterocycles. The van der Waals surface area contributed by atoms with Crippen LogP contribution >= 0.6 is 0 Å². The van der Waals surface area contributed by atoms with E-state index < -0.39 is 0 Å². The maximum atomic E-state index is 12.4. The van der Waals surface area contributed by atoms with Crippen molar-refractivity contribution in [3.63, 3.8) is 0 Å². The second-order valence-corrected chi connectivity index (χ2v) is 5.54. The van der Waals surface area contributed by atoms with Crippen LogP contribution in [-0.4, -0.2) is 39.2 Å². The summed E-state index contributed by atoms with van der Waals surface area (Å²) in [4.78, 5) is 18.1. The standard InChI is InChI=1S/C16H22N4O/c1-12(2)20-13(3)11-15(18-20)16(21)19(4)10-7-14-5-8-17-9-6-14/h5-6,8-9,11-12H,7,10H2,1-4H3. The number of aromatic nitrogens is 3. The van der Waals surface area contributed by atoms with Crippen LogP contribution in [0.25, 0.3) is 0 Å². The molecule has 112 valence electrons. The molecule has 0 aliphatic heterocycles. The van der Waals surface area contributed by atoms with Crippen molar-refractivity contribution in [1.29, 1.82) is 0 Å². The van der Waals surface area contributed by atoms with E-state index in [2.05, 4.69) is 23.9 Å². The van der Waals surface area contributed by atoms with Gasteiger partial charge in [0.1, 0.15) is 0 Å². The SMILES string of the molecule is Cc1cc(C(=O)N(C)CCc2ccncc2)nn1C(C)C. The van der Waals surface area contributed by atoms with Crippen LogP contribution in [0.15, 0.2) is 30.6 Å². The number of nitrogens with zero attached hydrogens (tertiary/aromatic N) is 4. The highest BCUT2D eigenvalue weighted by atomic mass is 16.2. The molecule has 0 aliphatic rings. The van der Waals surface area contributed by atoms with Crippen molar-refractivity contribution in [3.8, 4) is 0 Å². The minimum atomic E-state index is -0.0356. The lowest BCUT2D eigenvalue weighted by molar-refractivity contribution is 0.0789. The van der Waals surface area contributed by atoms with Gasteiger partial charge in [0.2, 0.25) is 0 Å². The van der Waals surface area contributed by atoms with Crippen molar-refractivity contribution < 1.29 is 4.79 Å². The minimum Gasteiger partial charge on any atom is -0.340 e. The van der Waals surface area contributed by atoms with Crippen LogP contribution in [0.2, 0.25) is 0 Å². The van der Waals surface area contributed by atoms with Crippen LogP contribution in [0.4, 0.5) is 0 Å². The molecule has 0 fully saturated rings. The third-order valence-corrected chi connectivity index (χ3v) is 3.46. The number of rotatable bonds is 5. The molecule has 0 aliphatic carbocycles. The average molecular weight is 286 g/mol. The van der Waals surface area contributed by atoms with Crippen molar-refractivity contribution in [2.45, 2.75) is 33.2 Å². The second kappa shape index (κ2) is 6.52. The third kappa shape index (κ3) is 3.68. The Morgan fingerprint density at radius 2 is 2.00 bits per heavy atom. The van der Waals surface area contributed by atoms with E-state index in [4.69, 9.17) is 0 Å². The molecular formula is C16H22N4O. The van der Waals surface area contributed by atoms with E-state index in [1.807, 2.05) is 36.9 Å². The van der Waals surface area contributed by atoms with E-state index in [0.29, 0.717) is 12.2 Å². The molecule has 5 nitrogen and oxygen atoms in total. The Morgan fingerprint density at radius 1 is 1.33 bits per heavy atom. The highest BCUT2D eigenvalue weighted by molar-refractivity contribution is 5.92. The fourth-order valence-electron chi connectivity index (χ4n) is 2.26. The molecule has 0 atom stereocenters. The number of pyridine rings is 1. The fraction of sp³-hybridized carbons (Fsp3) is 0.438. The van der Waals surface area contributed by atoms with Gasteiger partial charge < -0.3 is 4.90 Å². The average Bonchev–Trinajstić information content (AvgIpc) is 2.87. The number of likely N-dealkylation sites (N-methyl/N-ethyl adjacent to an activating group) is 1. The fourth-order valence-corrected chi connectivity index (χ4v) is 2.26. The molecule has 21 heavy (non-hydrogen) atoms. The van der Waals surface area contributed by atoms with Gasteiger partial charge in [-0.15, -0.1) is 0 Å². The lowest BCUT2D eigenvalue weighted by Gasteiger charge is -2.15. The lowest BCUT2D eigenvalue weighted by atomic mass is 10.2. The third-order valence-electron chi connectivity index (χ3n) is 3.46. The smallest absolute Gasteiger partial charge is 0.274 e. The Balaban J connectivity index is 2.00. The van der Waals surface area contributed by atoms with Crippen LogP contribution in [0.3, 0.4) is 0 Å². The van der Waals surface area contributed by atoms with Gasteiger partial charge in [-0.1, -0.05) is 0 Å². The zero-order chi connectivity index (χ0) is 15.4. The highest BCUT2D eigenvalue weighted by Gasteiger charge is 2.17. The summed E-state index contributed by atoms with van der Waals surface area (Å²) in [5.41, 5.74) is 2.70. The molecule has 0 aromatic carbocycles. The molecule has 0 unspecified atom stereocenters. The van der Waals surface area contributed by atoms with Crippen molar-refractivity contribution >= 4 is 5.91 Å². The van der Waals surface area contributed by atoms with Gasteiger partial charge in [0.15, 0.2) is 5.69 Å². The summed E-state index contributed by atoms with van der Waals surface area (Å²) in [5.74, 6) is -0.0356. The Kier molecular flexibility index (Phi) is 4.73. The van der Waals surface area contributed by atoms with Crippen LogP contribution in [-0.2, 0) is 6.42 Å². The van der Waals surface area contributed by atoms with E-state index >= 15 is 0 Å². The molecule has 2 aromatic heterocycles. The number of hydrogen-bond donors (Lipinski definition) is 0. The summed E-state index contributed by atoms with van der Waals surface area (Å²) in [5, 5.41) is 4.40. The van der Waals surface area contributed by atoms with E-state index in [-0.39, 0.29) is 11.9 Å². The zero-order valence-corrected chi connectivity index (χ0v) is 13.1. The van der Waals surface area contributed by atoms with Gasteiger partial charge in [0.05, 0.1) is 0 Å². The molecule has 2 aromatic rings. The molecular weight excluding hydrogens is 264 g/mol. The van der Waals surface area contributed by atoms with E-state index in [0.717, 1.165) is 12.1 Å². The van der Waals surface area contributed by atoms with E-state index in [9.17, 15) is 4.79 Å². The van der Waals surface area contributed by atoms with Gasteiger partial charge in [-0.2, -0.15) is 5.10 Å². The van der Waals surface area contributed by atoms with Crippen molar-refractivity contribution in [2.24, 2.45) is 0 Å². The van der Waals surface area contributed by atoms with E-state index in [1.54, 1.807) is 17.3 Å². The van der Waals surface area contributed by atoms with Gasteiger partial charge in [0.25, 0.3) is 5.91 Å². The van der Waals surface area contributed by atoms with Crippen molar-refractivity contribution in [1.82, 2.24) is 19.7 Å². The molecule has 0 radical (unpaired) electrons. The monoisotopic (exact) mass is 286 g/mol. The number of aryl methyl sites for hydroxylation is 1. The van der Waals surface area contributed by atoms with Gasteiger partial charge in [0, 0.05) is 37.7 Å². The second-order valence-electron chi connectivity index (χ2n) is 5.54. The first-order valence-corrected chi connectivity index (χ1v) is 7.19. The summed E-state index contributed by atoms with van der Waals surface area (Å²) in [6.45, 7) is 6.75. The van der Waals surface area contributed by atoms with Gasteiger partial charge >= 0.3 is 0 Å². The number of carbonyl (C=O) groups excluding carboxylic acids is 1. The largest absolute Gasteiger partial charge is 0.340 e. The van der Waals surface area contributed by atoms with Crippen LogP contribution < -0.4 is 0 Å². The Hall–Kier alpha value is -2.17. The van der Waals surface area contributed by atoms with Gasteiger partial charge in [-0.25, -0.2) is 0 Å². The maximum absolute atomic E-state index is 12.4. The Labute approximate surface area is 125 Å². The zero-order valence-electron chi connectivity index (χ0n) is 13.1. The quantitative estimate of drug-likeness (QED) is 0.848. The maximum Gasteiger partial charge on any atom is 0.274 e. The number of amides is 1. The molecule has 0 N–H and O–H groups in total. The van der Waals surface area contributed by atoms with Crippen LogP contribution in [0.5, 0.6) is 0 Å². The number of carbonyl (C=O) groups is 1.